The van der Waals surface area contributed by atoms with E-state index in [2.05, 4.69) is 67.7 Å². The second-order valence-corrected chi connectivity index (χ2v) is 7.38. The molecule has 3 aromatic rings. The average molecular weight is 398 g/mol. The molecule has 0 fully saturated rings. The lowest BCUT2D eigenvalue weighted by Gasteiger charge is -2.04. The van der Waals surface area contributed by atoms with Crippen LogP contribution in [0.25, 0.3) is 16.9 Å². The summed E-state index contributed by atoms with van der Waals surface area (Å²) in [6.45, 7) is 1.09. The zero-order valence-corrected chi connectivity index (χ0v) is 16.0. The Morgan fingerprint density at radius 1 is 0.960 bits per heavy atom. The number of imidazole rings is 1. The van der Waals surface area contributed by atoms with Crippen LogP contribution in [0, 0.1) is 0 Å². The van der Waals surface area contributed by atoms with Crippen LogP contribution >= 0.6 is 15.9 Å². The quantitative estimate of drug-likeness (QED) is 0.573. The number of hydrogen-bond donors (Lipinski definition) is 0. The number of nitrogens with zero attached hydrogens (tertiary/aromatic N) is 2. The van der Waals surface area contributed by atoms with Crippen LogP contribution < -0.4 is 9.30 Å². The van der Waals surface area contributed by atoms with Gasteiger partial charge in [0.2, 0.25) is 0 Å². The summed E-state index contributed by atoms with van der Waals surface area (Å²) in [7, 11) is 1.71. The van der Waals surface area contributed by atoms with Gasteiger partial charge in [0.15, 0.2) is 5.69 Å². The normalized spacial score (nSPS) is 14.0. The maximum atomic E-state index is 5.30. The molecule has 0 atom stereocenters. The zero-order chi connectivity index (χ0) is 17.2. The molecule has 1 aliphatic heterocycles. The third kappa shape index (κ3) is 3.23. The summed E-state index contributed by atoms with van der Waals surface area (Å²) in [5.74, 6) is 2.28. The van der Waals surface area contributed by atoms with E-state index in [0.29, 0.717) is 0 Å². The van der Waals surface area contributed by atoms with Crippen molar-refractivity contribution < 1.29 is 9.30 Å². The van der Waals surface area contributed by atoms with Crippen LogP contribution in [0.4, 0.5) is 0 Å². The number of aromatic nitrogens is 2. The van der Waals surface area contributed by atoms with Crippen LogP contribution in [0.2, 0.25) is 0 Å². The summed E-state index contributed by atoms with van der Waals surface area (Å²) >= 11 is 3.54. The third-order valence-electron chi connectivity index (χ3n) is 4.90. The molecule has 2 aromatic carbocycles. The molecule has 3 nitrogen and oxygen atoms in total. The highest BCUT2D eigenvalue weighted by molar-refractivity contribution is 9.10. The lowest BCUT2D eigenvalue weighted by Crippen LogP contribution is -2.38. The van der Waals surface area contributed by atoms with Gasteiger partial charge < -0.3 is 4.74 Å². The number of fused-ring (bicyclic) bond motifs is 1. The molecule has 1 aromatic heterocycles. The molecular formula is C21H22BrN2O+. The molecule has 0 saturated carbocycles. The Morgan fingerprint density at radius 2 is 1.72 bits per heavy atom. The van der Waals surface area contributed by atoms with Crippen molar-refractivity contribution in [1.29, 1.82) is 0 Å². The van der Waals surface area contributed by atoms with Crippen molar-refractivity contribution >= 4 is 15.9 Å². The smallest absolute Gasteiger partial charge is 0.262 e. The lowest BCUT2D eigenvalue weighted by atomic mass is 10.1. The highest BCUT2D eigenvalue weighted by Crippen LogP contribution is 2.25. The third-order valence-corrected chi connectivity index (χ3v) is 5.43. The van der Waals surface area contributed by atoms with Gasteiger partial charge in [-0.25, -0.2) is 4.57 Å². The van der Waals surface area contributed by atoms with E-state index in [1.54, 1.807) is 7.11 Å². The summed E-state index contributed by atoms with van der Waals surface area (Å²) in [5, 5.41) is 0. The molecular weight excluding hydrogens is 376 g/mol. The monoisotopic (exact) mass is 397 g/mol. The van der Waals surface area contributed by atoms with Crippen LogP contribution in [-0.4, -0.2) is 11.7 Å². The molecule has 0 spiro atoms. The van der Waals surface area contributed by atoms with Gasteiger partial charge in [-0.1, -0.05) is 15.9 Å². The molecule has 25 heavy (non-hydrogen) atoms. The molecule has 0 saturated heterocycles. The van der Waals surface area contributed by atoms with E-state index in [1.165, 1.54) is 42.0 Å². The molecule has 4 heteroatoms. The summed E-state index contributed by atoms with van der Waals surface area (Å²) in [6.07, 6.45) is 7.19. The van der Waals surface area contributed by atoms with Crippen molar-refractivity contribution in [3.8, 4) is 22.7 Å². The Kier molecular flexibility index (Phi) is 4.62. The van der Waals surface area contributed by atoms with Gasteiger partial charge in [0.25, 0.3) is 5.82 Å². The van der Waals surface area contributed by atoms with Crippen molar-refractivity contribution in [3.63, 3.8) is 0 Å². The maximum absolute atomic E-state index is 5.30. The average Bonchev–Trinajstić information content (AvgIpc) is 2.84. The first-order valence-corrected chi connectivity index (χ1v) is 9.60. The van der Waals surface area contributed by atoms with Gasteiger partial charge in [0, 0.05) is 16.5 Å². The molecule has 2 heterocycles. The summed E-state index contributed by atoms with van der Waals surface area (Å²) < 4.78 is 11.3. The van der Waals surface area contributed by atoms with Gasteiger partial charge in [0.1, 0.15) is 17.6 Å². The van der Waals surface area contributed by atoms with Crippen LogP contribution in [0.1, 0.15) is 25.1 Å². The zero-order valence-electron chi connectivity index (χ0n) is 14.4. The van der Waals surface area contributed by atoms with E-state index in [9.17, 15) is 0 Å². The first-order valence-electron chi connectivity index (χ1n) is 8.81. The number of halogens is 1. The maximum Gasteiger partial charge on any atom is 0.262 e. The predicted octanol–water partition coefficient (Wildman–Crippen LogP) is 4.93. The van der Waals surface area contributed by atoms with Gasteiger partial charge in [-0.05, 0) is 67.8 Å². The first kappa shape index (κ1) is 16.4. The van der Waals surface area contributed by atoms with Crippen molar-refractivity contribution in [3.05, 3.63) is 65.0 Å². The van der Waals surface area contributed by atoms with E-state index in [1.807, 2.05) is 12.1 Å². The van der Waals surface area contributed by atoms with E-state index in [4.69, 9.17) is 4.74 Å². The SMILES string of the molecule is COc1ccc(-n2cc(-c3ccc(Br)cc3)[n+]3c2CCCCC3)cc1. The number of rotatable bonds is 3. The number of methoxy groups -OCH3 is 1. The minimum Gasteiger partial charge on any atom is -0.497 e. The van der Waals surface area contributed by atoms with Crippen molar-refractivity contribution in [2.75, 3.05) is 7.11 Å². The number of benzene rings is 2. The molecule has 1 aliphatic rings. The van der Waals surface area contributed by atoms with Crippen LogP contribution in [0.3, 0.4) is 0 Å². The van der Waals surface area contributed by atoms with Crippen LogP contribution in [0.5, 0.6) is 5.75 Å². The fourth-order valence-electron chi connectivity index (χ4n) is 3.59. The Bertz CT molecular complexity index is 866. The Hall–Kier alpha value is -2.07. The Morgan fingerprint density at radius 3 is 2.44 bits per heavy atom. The van der Waals surface area contributed by atoms with E-state index in [-0.39, 0.29) is 0 Å². The fraction of sp³-hybridized carbons (Fsp3) is 0.286. The molecule has 4 rings (SSSR count). The molecule has 0 radical (unpaired) electrons. The van der Waals surface area contributed by atoms with E-state index in [0.717, 1.165) is 23.2 Å². The summed E-state index contributed by atoms with van der Waals surface area (Å²) in [4.78, 5) is 0. The van der Waals surface area contributed by atoms with Crippen molar-refractivity contribution in [2.24, 2.45) is 0 Å². The van der Waals surface area contributed by atoms with Crippen molar-refractivity contribution in [1.82, 2.24) is 4.57 Å². The minimum absolute atomic E-state index is 0.891. The van der Waals surface area contributed by atoms with Gasteiger partial charge in [-0.15, -0.1) is 0 Å². The highest BCUT2D eigenvalue weighted by Gasteiger charge is 2.26. The molecule has 0 amide bonds. The largest absolute Gasteiger partial charge is 0.497 e. The number of ether oxygens (including phenoxy) is 1. The second-order valence-electron chi connectivity index (χ2n) is 6.47. The second kappa shape index (κ2) is 7.04. The van der Waals surface area contributed by atoms with Crippen molar-refractivity contribution in [2.45, 2.75) is 32.2 Å². The molecule has 0 unspecified atom stereocenters. The van der Waals surface area contributed by atoms with Gasteiger partial charge in [0.05, 0.1) is 13.7 Å². The topological polar surface area (TPSA) is 18.0 Å². The minimum atomic E-state index is 0.891. The Balaban J connectivity index is 1.85. The Labute approximate surface area is 157 Å². The van der Waals surface area contributed by atoms with E-state index >= 15 is 0 Å². The van der Waals surface area contributed by atoms with E-state index < -0.39 is 0 Å². The van der Waals surface area contributed by atoms with Crippen LogP contribution in [-0.2, 0) is 13.0 Å². The van der Waals surface area contributed by atoms with Gasteiger partial charge in [-0.3, -0.25) is 0 Å². The predicted molar refractivity (Wildman–Crippen MR) is 103 cm³/mol. The standard InChI is InChI=1S/C21H22BrN2O/c1-25-19-12-10-18(11-13-19)24-15-20(16-6-8-17(22)9-7-16)23-14-4-2-3-5-21(23)24/h6-13,15H,2-5,14H2,1H3/q+1. The van der Waals surface area contributed by atoms with Gasteiger partial charge in [-0.2, -0.15) is 4.57 Å². The van der Waals surface area contributed by atoms with Crippen LogP contribution in [0.15, 0.2) is 59.2 Å². The van der Waals surface area contributed by atoms with Gasteiger partial charge >= 0.3 is 0 Å². The molecule has 128 valence electrons. The molecule has 0 bridgehead atoms. The highest BCUT2D eigenvalue weighted by atomic mass is 79.9. The molecule has 0 N–H and O–H groups in total. The fourth-order valence-corrected chi connectivity index (χ4v) is 3.85. The first-order chi connectivity index (χ1) is 12.3. The summed E-state index contributed by atoms with van der Waals surface area (Å²) in [5.41, 5.74) is 3.74. The lowest BCUT2D eigenvalue weighted by molar-refractivity contribution is -0.692. The summed E-state index contributed by atoms with van der Waals surface area (Å²) in [6, 6.07) is 16.9. The molecule has 0 aliphatic carbocycles. The number of hydrogen-bond acceptors (Lipinski definition) is 1.